The van der Waals surface area contributed by atoms with Gasteiger partial charge in [0, 0.05) is 17.5 Å². The van der Waals surface area contributed by atoms with Gasteiger partial charge in [-0.2, -0.15) is 0 Å². The molecule has 6 nitrogen and oxygen atoms in total. The molecule has 0 saturated carbocycles. The van der Waals surface area contributed by atoms with Gasteiger partial charge in [0.1, 0.15) is 5.82 Å². The third-order valence-corrected chi connectivity index (χ3v) is 4.19. The Bertz CT molecular complexity index is 684. The molecule has 0 spiro atoms. The smallest absolute Gasteiger partial charge is 0.357 e. The van der Waals surface area contributed by atoms with Gasteiger partial charge in [0.05, 0.1) is 29.9 Å². The molecule has 0 bridgehead atoms. The molecule has 3 rings (SSSR count). The molecule has 0 atom stereocenters. The third-order valence-electron chi connectivity index (χ3n) is 3.37. The quantitative estimate of drug-likeness (QED) is 0.860. The summed E-state index contributed by atoms with van der Waals surface area (Å²) in [6.07, 6.45) is 1.28. The average Bonchev–Trinajstić information content (AvgIpc) is 2.90. The number of fused-ring (bicyclic) bond motifs is 1. The minimum atomic E-state index is -0.397. The van der Waals surface area contributed by atoms with Crippen LogP contribution in [0.1, 0.15) is 38.3 Å². The summed E-state index contributed by atoms with van der Waals surface area (Å²) in [5, 5.41) is 6.27. The van der Waals surface area contributed by atoms with Gasteiger partial charge in [-0.05, 0) is 19.9 Å². The molecule has 0 radical (unpaired) electrons. The van der Waals surface area contributed by atoms with E-state index in [0.29, 0.717) is 24.5 Å². The fourth-order valence-corrected chi connectivity index (χ4v) is 3.02. The van der Waals surface area contributed by atoms with Crippen molar-refractivity contribution >= 4 is 17.3 Å². The number of carbonyl (C=O) groups excluding carboxylic acids is 1. The Morgan fingerprint density at radius 1 is 1.43 bits per heavy atom. The van der Waals surface area contributed by atoms with Crippen LogP contribution in [-0.4, -0.2) is 34.6 Å². The molecule has 0 amide bonds. The van der Waals surface area contributed by atoms with E-state index in [0.717, 1.165) is 34.9 Å². The maximum Gasteiger partial charge on any atom is 0.357 e. The lowest BCUT2D eigenvalue weighted by Gasteiger charge is -2.18. The van der Waals surface area contributed by atoms with Crippen LogP contribution >= 0.6 is 11.3 Å². The highest BCUT2D eigenvalue weighted by atomic mass is 32.1. The fourth-order valence-electron chi connectivity index (χ4n) is 2.41. The van der Waals surface area contributed by atoms with Gasteiger partial charge in [-0.25, -0.2) is 19.7 Å². The Labute approximate surface area is 126 Å². The van der Waals surface area contributed by atoms with Crippen molar-refractivity contribution in [3.63, 3.8) is 0 Å². The standard InChI is InChI=1S/C14H16N4O2S/c1-8-16-9(7-21-8)5-12-17-11-6-15-4-3-10(11)13(18-12)14(19)20-2/h7,15H,3-6H2,1-2H3. The van der Waals surface area contributed by atoms with Crippen molar-refractivity contribution in [2.24, 2.45) is 0 Å². The van der Waals surface area contributed by atoms with Gasteiger partial charge in [-0.3, -0.25) is 0 Å². The first kappa shape index (κ1) is 14.1. The highest BCUT2D eigenvalue weighted by molar-refractivity contribution is 7.09. The largest absolute Gasteiger partial charge is 0.464 e. The first-order valence-corrected chi connectivity index (χ1v) is 7.64. The van der Waals surface area contributed by atoms with Crippen LogP contribution < -0.4 is 5.32 Å². The van der Waals surface area contributed by atoms with Crippen molar-refractivity contribution in [3.05, 3.63) is 38.9 Å². The molecule has 1 N–H and O–H groups in total. The van der Waals surface area contributed by atoms with Gasteiger partial charge in [0.25, 0.3) is 0 Å². The van der Waals surface area contributed by atoms with E-state index in [-0.39, 0.29) is 0 Å². The van der Waals surface area contributed by atoms with Gasteiger partial charge >= 0.3 is 5.97 Å². The molecule has 0 saturated heterocycles. The Kier molecular flexibility index (Phi) is 3.94. The molecular weight excluding hydrogens is 288 g/mol. The lowest BCUT2D eigenvalue weighted by Crippen LogP contribution is -2.28. The molecular formula is C14H16N4O2S. The van der Waals surface area contributed by atoms with Gasteiger partial charge in [0.2, 0.25) is 0 Å². The molecule has 2 aromatic rings. The topological polar surface area (TPSA) is 77.0 Å². The Morgan fingerprint density at radius 3 is 3.00 bits per heavy atom. The minimum absolute atomic E-state index is 0.394. The van der Waals surface area contributed by atoms with Gasteiger partial charge in [-0.15, -0.1) is 11.3 Å². The predicted octanol–water partition coefficient (Wildman–Crippen LogP) is 1.26. The average molecular weight is 304 g/mol. The zero-order valence-electron chi connectivity index (χ0n) is 12.0. The molecule has 21 heavy (non-hydrogen) atoms. The molecule has 0 unspecified atom stereocenters. The number of nitrogens with one attached hydrogen (secondary N) is 1. The Hall–Kier alpha value is -1.86. The summed E-state index contributed by atoms with van der Waals surface area (Å²) in [5.41, 5.74) is 3.11. The first-order chi connectivity index (χ1) is 10.2. The van der Waals surface area contributed by atoms with Crippen molar-refractivity contribution in [2.45, 2.75) is 26.3 Å². The third kappa shape index (κ3) is 2.93. The number of nitrogens with zero attached hydrogens (tertiary/aromatic N) is 3. The second-order valence-corrected chi connectivity index (χ2v) is 5.93. The van der Waals surface area contributed by atoms with Crippen molar-refractivity contribution in [2.75, 3.05) is 13.7 Å². The maximum absolute atomic E-state index is 11.9. The summed E-state index contributed by atoms with van der Waals surface area (Å²) in [4.78, 5) is 25.4. The number of ether oxygens (including phenoxy) is 1. The lowest BCUT2D eigenvalue weighted by molar-refractivity contribution is 0.0591. The SMILES string of the molecule is COC(=O)c1nc(Cc2csc(C)n2)nc2c1CCNC2. The Morgan fingerprint density at radius 2 is 2.29 bits per heavy atom. The molecule has 3 heterocycles. The molecule has 1 aliphatic rings. The van der Waals surface area contributed by atoms with E-state index in [1.807, 2.05) is 12.3 Å². The molecule has 1 aliphatic heterocycles. The van der Waals surface area contributed by atoms with E-state index in [4.69, 9.17) is 4.74 Å². The summed E-state index contributed by atoms with van der Waals surface area (Å²) < 4.78 is 4.85. The lowest BCUT2D eigenvalue weighted by atomic mass is 10.0. The number of carbonyl (C=O) groups is 1. The number of hydrogen-bond donors (Lipinski definition) is 1. The van der Waals surface area contributed by atoms with E-state index in [1.165, 1.54) is 7.11 Å². The van der Waals surface area contributed by atoms with E-state index >= 15 is 0 Å². The van der Waals surface area contributed by atoms with E-state index in [2.05, 4.69) is 20.3 Å². The summed E-state index contributed by atoms with van der Waals surface area (Å²) in [7, 11) is 1.38. The summed E-state index contributed by atoms with van der Waals surface area (Å²) in [6, 6.07) is 0. The monoisotopic (exact) mass is 304 g/mol. The number of rotatable bonds is 3. The number of aromatic nitrogens is 3. The first-order valence-electron chi connectivity index (χ1n) is 6.76. The maximum atomic E-state index is 11.9. The van der Waals surface area contributed by atoms with Crippen LogP contribution in [0.5, 0.6) is 0 Å². The zero-order valence-corrected chi connectivity index (χ0v) is 12.8. The van der Waals surface area contributed by atoms with Crippen LogP contribution in [0.4, 0.5) is 0 Å². The van der Waals surface area contributed by atoms with E-state index in [1.54, 1.807) is 11.3 Å². The Balaban J connectivity index is 1.99. The summed E-state index contributed by atoms with van der Waals surface area (Å²) in [6.45, 7) is 3.45. The minimum Gasteiger partial charge on any atom is -0.464 e. The number of aryl methyl sites for hydroxylation is 1. The van der Waals surface area contributed by atoms with Crippen molar-refractivity contribution in [1.29, 1.82) is 0 Å². The van der Waals surface area contributed by atoms with Crippen molar-refractivity contribution < 1.29 is 9.53 Å². The molecule has 0 aromatic carbocycles. The van der Waals surface area contributed by atoms with Gasteiger partial charge < -0.3 is 10.1 Å². The number of thiazole rings is 1. The molecule has 0 aliphatic carbocycles. The van der Waals surface area contributed by atoms with Gasteiger partial charge in [0.15, 0.2) is 5.69 Å². The van der Waals surface area contributed by atoms with Crippen molar-refractivity contribution in [1.82, 2.24) is 20.3 Å². The van der Waals surface area contributed by atoms with Crippen LogP contribution in [0.3, 0.4) is 0 Å². The normalized spacial score (nSPS) is 13.8. The summed E-state index contributed by atoms with van der Waals surface area (Å²) in [5.74, 6) is 0.217. The van der Waals surface area contributed by atoms with Crippen molar-refractivity contribution in [3.8, 4) is 0 Å². The molecule has 110 valence electrons. The van der Waals surface area contributed by atoms with Crippen LogP contribution in [0.15, 0.2) is 5.38 Å². The fraction of sp³-hybridized carbons (Fsp3) is 0.429. The number of methoxy groups -OCH3 is 1. The molecule has 0 fully saturated rings. The molecule has 7 heteroatoms. The van der Waals surface area contributed by atoms with Crippen LogP contribution in [0, 0.1) is 6.92 Å². The number of hydrogen-bond acceptors (Lipinski definition) is 7. The highest BCUT2D eigenvalue weighted by Gasteiger charge is 2.22. The second kappa shape index (κ2) is 5.87. The second-order valence-electron chi connectivity index (χ2n) is 4.87. The summed E-state index contributed by atoms with van der Waals surface area (Å²) >= 11 is 1.60. The highest BCUT2D eigenvalue weighted by Crippen LogP contribution is 2.18. The van der Waals surface area contributed by atoms with Crippen LogP contribution in [-0.2, 0) is 24.1 Å². The van der Waals surface area contributed by atoms with Gasteiger partial charge in [-0.1, -0.05) is 0 Å². The van der Waals surface area contributed by atoms with E-state index < -0.39 is 5.97 Å². The zero-order chi connectivity index (χ0) is 14.8. The van der Waals surface area contributed by atoms with Crippen LogP contribution in [0.2, 0.25) is 0 Å². The number of esters is 1. The predicted molar refractivity (Wildman–Crippen MR) is 78.4 cm³/mol. The van der Waals surface area contributed by atoms with Crippen LogP contribution in [0.25, 0.3) is 0 Å². The van der Waals surface area contributed by atoms with E-state index in [9.17, 15) is 4.79 Å². The molecule has 2 aromatic heterocycles.